The molecule has 0 bridgehead atoms. The van der Waals surface area contributed by atoms with Crippen LogP contribution >= 0.6 is 23.5 Å². The third-order valence-corrected chi connectivity index (χ3v) is 17.8. The molecule has 1 aromatic heterocycles. The van der Waals surface area contributed by atoms with Crippen LogP contribution in [0, 0.1) is 11.8 Å². The third kappa shape index (κ3) is 26.9. The van der Waals surface area contributed by atoms with E-state index >= 15 is 0 Å². The molecule has 3 rings (SSSR count). The summed E-state index contributed by atoms with van der Waals surface area (Å²) in [5, 5.41) is 55.5. The number of nitrogens with two attached hydrogens (primary N) is 4. The van der Waals surface area contributed by atoms with Crippen LogP contribution in [0.15, 0.2) is 35.5 Å². The first kappa shape index (κ1) is 83.5. The Bertz CT molecular complexity index is 3140. The molecular formula is C62H99N17O17S2. The molecule has 1 saturated heterocycles. The molecule has 98 heavy (non-hydrogen) atoms. The Morgan fingerprint density at radius 3 is 1.70 bits per heavy atom. The van der Waals surface area contributed by atoms with Crippen LogP contribution in [0.25, 0.3) is 10.9 Å². The fraction of sp³-hybridized carbons (Fsp3) is 0.629. The second-order valence-corrected chi connectivity index (χ2v) is 26.0. The van der Waals surface area contributed by atoms with Gasteiger partial charge in [-0.25, -0.2) is 4.79 Å². The Balaban J connectivity index is 1.87. The minimum absolute atomic E-state index is 0.0164. The lowest BCUT2D eigenvalue weighted by Crippen LogP contribution is -2.62. The lowest BCUT2D eigenvalue weighted by molar-refractivity contribution is -0.144. The predicted molar refractivity (Wildman–Crippen MR) is 366 cm³/mol. The normalized spacial score (nSPS) is 16.7. The van der Waals surface area contributed by atoms with Crippen LogP contribution in [0.1, 0.15) is 118 Å². The second kappa shape index (κ2) is 42.1. The topological polar surface area (TPSA) is 555 Å². The number of aliphatic hydroxyl groups excluding tert-OH is 1. The maximum absolute atomic E-state index is 14.8. The second-order valence-electron chi connectivity index (χ2n) is 24.1. The molecule has 0 spiro atoms. The molecule has 1 aliphatic rings. The van der Waals surface area contributed by atoms with Crippen molar-refractivity contribution in [2.45, 2.75) is 191 Å². The van der Waals surface area contributed by atoms with Gasteiger partial charge in [-0.2, -0.15) is 23.5 Å². The molecule has 12 amide bonds. The number of benzene rings is 1. The molecule has 2 aromatic rings. The van der Waals surface area contributed by atoms with Crippen LogP contribution in [-0.2, 0) is 73.5 Å². The number of guanidine groups is 1. The zero-order valence-electron chi connectivity index (χ0n) is 56.6. The highest BCUT2D eigenvalue weighted by Gasteiger charge is 2.42. The zero-order valence-corrected chi connectivity index (χ0v) is 58.2. The number of thioether (sulfide) groups is 2. The highest BCUT2D eigenvalue weighted by atomic mass is 32.2. The summed E-state index contributed by atoms with van der Waals surface area (Å²) in [6.45, 7) is 8.47. The number of fused-ring (bicyclic) bond motifs is 1. The summed E-state index contributed by atoms with van der Waals surface area (Å²) in [5.41, 5.74) is 23.5. The van der Waals surface area contributed by atoms with E-state index in [0.29, 0.717) is 40.8 Å². The maximum Gasteiger partial charge on any atom is 0.326 e. The van der Waals surface area contributed by atoms with Gasteiger partial charge < -0.3 is 101 Å². The molecule has 1 aromatic carbocycles. The van der Waals surface area contributed by atoms with Crippen molar-refractivity contribution in [3.8, 4) is 0 Å². The van der Waals surface area contributed by atoms with E-state index < -0.39 is 193 Å². The summed E-state index contributed by atoms with van der Waals surface area (Å²) >= 11 is 2.72. The highest BCUT2D eigenvalue weighted by Crippen LogP contribution is 2.24. The Hall–Kier alpha value is -8.77. The number of aliphatic hydroxyl groups is 1. The average molecular weight is 1420 g/mol. The molecule has 1 fully saturated rings. The number of carbonyl (C=O) groups is 14. The maximum atomic E-state index is 14.8. The molecule has 2 heterocycles. The molecule has 0 unspecified atom stereocenters. The van der Waals surface area contributed by atoms with Crippen molar-refractivity contribution in [2.24, 2.45) is 39.8 Å². The Kier molecular flexibility index (Phi) is 35.9. The predicted octanol–water partition coefficient (Wildman–Crippen LogP) is -3.61. The van der Waals surface area contributed by atoms with Gasteiger partial charge in [-0.15, -0.1) is 0 Å². The van der Waals surface area contributed by atoms with E-state index in [1.807, 2.05) is 0 Å². The van der Waals surface area contributed by atoms with Crippen molar-refractivity contribution >= 4 is 123 Å². The average Bonchev–Trinajstić information content (AvgIpc) is 1.64. The van der Waals surface area contributed by atoms with E-state index in [1.54, 1.807) is 70.7 Å². The van der Waals surface area contributed by atoms with Gasteiger partial charge in [0.25, 0.3) is 0 Å². The number of carbonyl (C=O) groups excluding carboxylic acids is 12. The SMILES string of the molecule is CC[C@H](C)[C@H](NC(=O)[C@@H](N)CCCN=C(N)N)C(=O)N[C@@H](C)C(=O)N[C@@H](CC(N)=O)C(=O)N[C@H](C(=O)N1CCC[C@H]1C(=O)N[C@@H](Cc1c[nH]c2ccccc12)C(=O)N[C@@H](CO)C(=O)N[C@@H](CCC(=O)O)C(=O)N[C@@H](C)C(=O)N[C@@H](CCSC)C(=O)N[C@@H](CCSC)C(=O)O)[C@@H](C)CC. The van der Waals surface area contributed by atoms with E-state index in [9.17, 15) is 82.4 Å². The monoisotopic (exact) mass is 1420 g/mol. The van der Waals surface area contributed by atoms with E-state index in [1.165, 1.54) is 42.3 Å². The number of aromatic nitrogens is 1. The highest BCUT2D eigenvalue weighted by molar-refractivity contribution is 7.98. The van der Waals surface area contributed by atoms with Gasteiger partial charge in [0.05, 0.1) is 19.1 Å². The number of para-hydroxylation sites is 1. The van der Waals surface area contributed by atoms with Gasteiger partial charge in [0.1, 0.15) is 66.5 Å². The molecule has 34 nitrogen and oxygen atoms in total. The number of hydrogen-bond acceptors (Lipinski definition) is 19. The molecule has 1 aliphatic heterocycles. The summed E-state index contributed by atoms with van der Waals surface area (Å²) in [5.74, 6) is -14.1. The van der Waals surface area contributed by atoms with Crippen LogP contribution in [0.5, 0.6) is 0 Å². The number of aliphatic imine (C=N–C) groups is 1. The Morgan fingerprint density at radius 1 is 0.612 bits per heavy atom. The van der Waals surface area contributed by atoms with Crippen LogP contribution in [0.4, 0.5) is 0 Å². The van der Waals surface area contributed by atoms with Gasteiger partial charge in [0.2, 0.25) is 70.9 Å². The lowest BCUT2D eigenvalue weighted by Gasteiger charge is -2.33. The van der Waals surface area contributed by atoms with Gasteiger partial charge in [-0.3, -0.25) is 67.3 Å². The first-order valence-corrected chi connectivity index (χ1v) is 35.1. The first-order valence-electron chi connectivity index (χ1n) is 32.3. The van der Waals surface area contributed by atoms with Gasteiger partial charge >= 0.3 is 11.9 Å². The molecule has 0 aliphatic carbocycles. The smallest absolute Gasteiger partial charge is 0.326 e. The fourth-order valence-electron chi connectivity index (χ4n) is 10.3. The number of likely N-dealkylation sites (tertiary alicyclic amines) is 1. The van der Waals surface area contributed by atoms with E-state index in [4.69, 9.17) is 22.9 Å². The summed E-state index contributed by atoms with van der Waals surface area (Å²) in [6.07, 6.45) is 4.56. The number of aliphatic carboxylic acids is 2. The number of rotatable bonds is 44. The van der Waals surface area contributed by atoms with Crippen molar-refractivity contribution in [3.63, 3.8) is 0 Å². The van der Waals surface area contributed by atoms with Gasteiger partial charge in [-0.05, 0) is 106 Å². The molecule has 36 heteroatoms. The molecule has 0 saturated carbocycles. The van der Waals surface area contributed by atoms with E-state index in [0.717, 1.165) is 0 Å². The lowest BCUT2D eigenvalue weighted by atomic mass is 9.96. The minimum Gasteiger partial charge on any atom is -0.481 e. The van der Waals surface area contributed by atoms with Crippen LogP contribution in [0.3, 0.4) is 0 Å². The summed E-state index contributed by atoms with van der Waals surface area (Å²) in [4.78, 5) is 198. The molecular weight excluding hydrogens is 1320 g/mol. The third-order valence-electron chi connectivity index (χ3n) is 16.6. The number of aromatic amines is 1. The number of carboxylic acid groups (broad SMARTS) is 2. The Morgan fingerprint density at radius 2 is 1.12 bits per heavy atom. The van der Waals surface area contributed by atoms with Crippen molar-refractivity contribution in [1.82, 2.24) is 63.1 Å². The van der Waals surface area contributed by atoms with E-state index in [2.05, 4.69) is 63.1 Å². The number of carboxylic acids is 2. The van der Waals surface area contributed by atoms with Gasteiger partial charge in [0.15, 0.2) is 5.96 Å². The van der Waals surface area contributed by atoms with E-state index in [-0.39, 0.29) is 64.0 Å². The molecule has 22 N–H and O–H groups in total. The fourth-order valence-corrected chi connectivity index (χ4v) is 11.3. The molecule has 546 valence electrons. The number of hydrogen-bond donors (Lipinski definition) is 18. The first-order chi connectivity index (χ1) is 46.3. The number of amides is 12. The van der Waals surface area contributed by atoms with Crippen molar-refractivity contribution in [2.75, 3.05) is 43.7 Å². The van der Waals surface area contributed by atoms with Crippen molar-refractivity contribution in [1.29, 1.82) is 0 Å². The van der Waals surface area contributed by atoms with Crippen LogP contribution in [-0.4, -0.2) is 230 Å². The van der Waals surface area contributed by atoms with Crippen molar-refractivity contribution < 1.29 is 82.4 Å². The summed E-state index contributed by atoms with van der Waals surface area (Å²) < 4.78 is 0. The van der Waals surface area contributed by atoms with Crippen molar-refractivity contribution in [3.05, 3.63) is 36.0 Å². The largest absolute Gasteiger partial charge is 0.481 e. The van der Waals surface area contributed by atoms with Crippen LogP contribution < -0.4 is 76.1 Å². The number of nitrogens with zero attached hydrogens (tertiary/aromatic N) is 2. The van der Waals surface area contributed by atoms with Gasteiger partial charge in [0, 0.05) is 43.0 Å². The summed E-state index contributed by atoms with van der Waals surface area (Å²) in [7, 11) is 0. The standard InChI is InChI=1S/C62H99N17O17S2/c1-9-31(3)48(77-52(86)37(63)16-13-23-67-62(65)66)59(93)70-34(6)51(85)74-43(28-46(64)81)56(90)78-49(32(4)10-2)60(94)79-24-14-18-45(79)58(92)75-42(27-35-29-68-38-17-12-11-15-36(35)38)55(89)76-44(30-80)57(91)72-39(19-20-47(82)83)53(87)69-33(5)50(84)71-40(21-25-97-7)54(88)73-41(61(95)96)22-26-98-8/h11-12,15,17,29,31-34,37,39-45,48-49,68,80H,9-10,13-14,16,18-28,30,63H2,1-8H3,(H2,64,81)(H,69,87)(H,70,93)(H,71,84)(H,72,91)(H,73,88)(H,74,85)(H,75,92)(H,76,89)(H,77,86)(H,78,90)(H,82,83)(H,95,96)(H4,65,66,67)/t31-,32-,33-,34-,37-,39-,40-,41-,42-,43-,44-,45-,48-,49-/m0/s1. The van der Waals surface area contributed by atoms with Gasteiger partial charge in [-0.1, -0.05) is 58.7 Å². The number of nitrogens with one attached hydrogen (secondary N) is 11. The minimum atomic E-state index is -1.87. The number of primary amides is 1. The zero-order chi connectivity index (χ0) is 73.5. The molecule has 0 radical (unpaired) electrons. The quantitative estimate of drug-likeness (QED) is 0.0173. The summed E-state index contributed by atoms with van der Waals surface area (Å²) in [6, 6.07) is -10.0. The Labute approximate surface area is 576 Å². The van der Waals surface area contributed by atoms with Crippen LogP contribution in [0.2, 0.25) is 0 Å². The number of H-pyrrole nitrogens is 1. The molecule has 14 atom stereocenters.